The fraction of sp³-hybridized carbons (Fsp3) is 0.600. The minimum atomic E-state index is -1.70. The average Bonchev–Trinajstić information content (AvgIpc) is 2.81. The predicted octanol–water partition coefficient (Wildman–Crippen LogP) is 5.50. The second-order valence-electron chi connectivity index (χ2n) is 18.2. The van der Waals surface area contributed by atoms with E-state index in [2.05, 4.69) is 154 Å². The SMILES string of the molecule is C[Si]1(C)c2cc3cc(c2)[Si](C)(C)[Si](C)(C)[Si](C)(C)c2cc(cc(c2)[Si](C)(C)[Si](C)(C)[Si]3(C)C)[Si](C)(C)[Si]1(C)C. The topological polar surface area (TPSA) is 0 Å². The van der Waals surface area contributed by atoms with Crippen LogP contribution in [0.4, 0.5) is 0 Å². The van der Waals surface area contributed by atoms with Crippen molar-refractivity contribution in [3.05, 3.63) is 36.4 Å². The fourth-order valence-corrected chi connectivity index (χ4v) is 104. The zero-order valence-corrected chi connectivity index (χ0v) is 38.0. The maximum Gasteiger partial charge on any atom is 0.0717 e. The molecule has 0 aliphatic carbocycles. The Morgan fingerprint density at radius 2 is 0.333 bits per heavy atom. The van der Waals surface area contributed by atoms with E-state index in [1.807, 2.05) is 31.1 Å². The molecular weight excluding hydrogens is 613 g/mol. The fourth-order valence-electron chi connectivity index (χ4n) is 7.93. The quantitative estimate of drug-likeness (QED) is 0.325. The summed E-state index contributed by atoms with van der Waals surface area (Å²) in [5.74, 6) is 0. The van der Waals surface area contributed by atoms with E-state index in [0.29, 0.717) is 0 Å². The van der Waals surface area contributed by atoms with E-state index in [1.165, 1.54) is 0 Å². The summed E-state index contributed by atoms with van der Waals surface area (Å²) in [4.78, 5) is 0. The molecule has 9 heteroatoms. The van der Waals surface area contributed by atoms with Gasteiger partial charge in [-0.15, -0.1) is 0 Å². The molecule has 3 heterocycles. The Morgan fingerprint density at radius 3 is 0.436 bits per heavy atom. The number of fused-ring (bicyclic) bond motifs is 6. The first-order valence-corrected chi connectivity index (χ1v) is 48.5. The van der Waals surface area contributed by atoms with Gasteiger partial charge in [-0.3, -0.25) is 0 Å². The van der Waals surface area contributed by atoms with Crippen LogP contribution in [0.15, 0.2) is 36.4 Å². The standard InChI is InChI=1S/C30H60Si9/c1-31(2)25-19-26-21-27(20-25)34(7,8)39(17,18)36(11,12)30-23-28(32(3,4)37(31,13)14)22-29(24-30)35(9,10)38(15,16)33(26,5)6/h19-24H,1-18H3. The van der Waals surface area contributed by atoms with Crippen LogP contribution in [0.3, 0.4) is 0 Å². The van der Waals surface area contributed by atoms with Gasteiger partial charge in [0, 0.05) is 21.3 Å². The molecule has 39 heavy (non-hydrogen) atoms. The van der Waals surface area contributed by atoms with Gasteiger partial charge >= 0.3 is 0 Å². The molecule has 0 amide bonds. The molecule has 0 fully saturated rings. The summed E-state index contributed by atoms with van der Waals surface area (Å²) in [5, 5.41) is 11.2. The van der Waals surface area contributed by atoms with Crippen molar-refractivity contribution in [1.29, 1.82) is 0 Å². The van der Waals surface area contributed by atoms with E-state index in [4.69, 9.17) is 0 Å². The number of hydrogen-bond donors (Lipinski definition) is 0. The second kappa shape index (κ2) is 8.73. The van der Waals surface area contributed by atoms with Crippen LogP contribution in [0.2, 0.25) is 118 Å². The zero-order valence-electron chi connectivity index (χ0n) is 29.0. The lowest BCUT2D eigenvalue weighted by Crippen LogP contribution is -2.84. The van der Waals surface area contributed by atoms with Gasteiger partial charge in [-0.25, -0.2) is 0 Å². The van der Waals surface area contributed by atoms with Crippen molar-refractivity contribution in [1.82, 2.24) is 0 Å². The minimum absolute atomic E-state index is 1.60. The van der Waals surface area contributed by atoms with Gasteiger partial charge in [0.25, 0.3) is 0 Å². The Balaban J connectivity index is 2.41. The van der Waals surface area contributed by atoms with Gasteiger partial charge in [0.05, 0.1) is 45.5 Å². The highest BCUT2D eigenvalue weighted by Crippen LogP contribution is 2.35. The van der Waals surface area contributed by atoms with Crippen molar-refractivity contribution in [2.75, 3.05) is 0 Å². The molecule has 0 saturated carbocycles. The highest BCUT2D eigenvalue weighted by atomic mass is 29.7. The van der Waals surface area contributed by atoms with Crippen LogP contribution in [0, 0.1) is 0 Å². The third kappa shape index (κ3) is 3.89. The van der Waals surface area contributed by atoms with Crippen molar-refractivity contribution >= 4 is 98.0 Å². The zero-order chi connectivity index (χ0) is 30.2. The summed E-state index contributed by atoms with van der Waals surface area (Å²) in [6.07, 6.45) is 0. The molecule has 6 bridgehead atoms. The largest absolute Gasteiger partial charge is 0.0725 e. The van der Waals surface area contributed by atoms with Crippen molar-refractivity contribution in [2.45, 2.75) is 118 Å². The van der Waals surface area contributed by atoms with Gasteiger partial charge in [0.1, 0.15) is 0 Å². The Labute approximate surface area is 250 Å². The van der Waals surface area contributed by atoms with Crippen LogP contribution < -0.4 is 31.1 Å². The molecule has 0 unspecified atom stereocenters. The van der Waals surface area contributed by atoms with E-state index in [9.17, 15) is 0 Å². The Hall–Kier alpha value is 0.392. The van der Waals surface area contributed by atoms with E-state index < -0.39 is 66.9 Å². The van der Waals surface area contributed by atoms with Gasteiger partial charge in [0.15, 0.2) is 0 Å². The molecule has 2 aromatic rings. The molecule has 0 N–H and O–H groups in total. The monoisotopic (exact) mass is 672 g/mol. The van der Waals surface area contributed by atoms with Crippen molar-refractivity contribution in [2.24, 2.45) is 0 Å². The summed E-state index contributed by atoms with van der Waals surface area (Å²) in [7, 11) is -15.0. The van der Waals surface area contributed by atoms with Gasteiger partial charge < -0.3 is 0 Å². The molecule has 0 spiro atoms. The maximum atomic E-state index is 2.88. The molecule has 0 nitrogen and oxygen atoms in total. The first-order chi connectivity index (χ1) is 17.1. The summed E-state index contributed by atoms with van der Waals surface area (Å²) in [5.41, 5.74) is 0. The molecule has 2 aromatic carbocycles. The normalized spacial score (nSPS) is 27.5. The van der Waals surface area contributed by atoms with Crippen molar-refractivity contribution in [3.63, 3.8) is 0 Å². The molecule has 0 aromatic heterocycles. The van der Waals surface area contributed by atoms with Gasteiger partial charge in [-0.05, 0) is 0 Å². The van der Waals surface area contributed by atoms with E-state index in [0.717, 1.165) is 0 Å². The van der Waals surface area contributed by atoms with Gasteiger partial charge in [-0.1, -0.05) is 185 Å². The van der Waals surface area contributed by atoms with E-state index in [1.54, 1.807) is 0 Å². The Bertz CT molecular complexity index is 1060. The number of benzene rings is 2. The number of rotatable bonds is 0. The molecule has 0 radical (unpaired) electrons. The molecule has 5 rings (SSSR count). The summed E-state index contributed by atoms with van der Waals surface area (Å²) in [6, 6.07) is 17.3. The number of hydrogen-bond acceptors (Lipinski definition) is 0. The van der Waals surface area contributed by atoms with Crippen LogP contribution in [-0.2, 0) is 0 Å². The Morgan fingerprint density at radius 1 is 0.231 bits per heavy atom. The average molecular weight is 674 g/mol. The molecule has 3 aliphatic heterocycles. The first-order valence-electron chi connectivity index (χ1n) is 15.5. The molecule has 3 aliphatic rings. The van der Waals surface area contributed by atoms with Crippen molar-refractivity contribution in [3.8, 4) is 0 Å². The third-order valence-electron chi connectivity index (χ3n) is 15.6. The predicted molar refractivity (Wildman–Crippen MR) is 208 cm³/mol. The molecular formula is C30H60Si9. The molecule has 0 saturated heterocycles. The minimum Gasteiger partial charge on any atom is -0.0725 e. The van der Waals surface area contributed by atoms with Crippen LogP contribution >= 0.6 is 0 Å². The van der Waals surface area contributed by atoms with Gasteiger partial charge in [0.2, 0.25) is 0 Å². The highest BCUT2D eigenvalue weighted by Gasteiger charge is 2.60. The first kappa shape index (κ1) is 32.3. The smallest absolute Gasteiger partial charge is 0.0717 e. The molecule has 216 valence electrons. The summed E-state index contributed by atoms with van der Waals surface area (Å²) in [6.45, 7) is 50.8. The summed E-state index contributed by atoms with van der Waals surface area (Å²) < 4.78 is 0. The highest BCUT2D eigenvalue weighted by molar-refractivity contribution is 7.75. The Kier molecular flexibility index (Phi) is 7.24. The third-order valence-corrected chi connectivity index (χ3v) is 140. The van der Waals surface area contributed by atoms with Gasteiger partial charge in [-0.2, -0.15) is 0 Å². The van der Waals surface area contributed by atoms with Crippen molar-refractivity contribution < 1.29 is 0 Å². The maximum absolute atomic E-state index is 2.88. The van der Waals surface area contributed by atoms with Crippen LogP contribution in [-0.4, -0.2) is 66.9 Å². The lowest BCUT2D eigenvalue weighted by Gasteiger charge is -2.55. The van der Waals surface area contributed by atoms with Crippen LogP contribution in [0.25, 0.3) is 0 Å². The van der Waals surface area contributed by atoms with Crippen LogP contribution in [0.5, 0.6) is 0 Å². The molecule has 0 atom stereocenters. The second-order valence-corrected chi connectivity index (χ2v) is 100. The lowest BCUT2D eigenvalue weighted by molar-refractivity contribution is 1.66. The van der Waals surface area contributed by atoms with E-state index in [-0.39, 0.29) is 0 Å². The van der Waals surface area contributed by atoms with E-state index >= 15 is 0 Å². The summed E-state index contributed by atoms with van der Waals surface area (Å²) >= 11 is 0. The lowest BCUT2D eigenvalue weighted by atomic mass is 10.3. The van der Waals surface area contributed by atoms with Crippen LogP contribution in [0.1, 0.15) is 0 Å².